The van der Waals surface area contributed by atoms with Gasteiger partial charge in [-0.05, 0) is 48.0 Å². The van der Waals surface area contributed by atoms with Gasteiger partial charge < -0.3 is 26.6 Å². The molecular formula is C27H25F2N5O4S. The number of hydrogen-bond donors (Lipinski definition) is 5. The summed E-state index contributed by atoms with van der Waals surface area (Å²) in [5.41, 5.74) is 6.75. The molecule has 0 aliphatic rings. The zero-order valence-corrected chi connectivity index (χ0v) is 21.6. The molecule has 0 saturated carbocycles. The number of thiophene rings is 1. The quantitative estimate of drug-likeness (QED) is 0.200. The number of aromatic nitrogens is 2. The van der Waals surface area contributed by atoms with E-state index in [-0.39, 0.29) is 46.7 Å². The number of nitrogens with two attached hydrogens (primary N) is 1. The summed E-state index contributed by atoms with van der Waals surface area (Å²) in [6.07, 6.45) is 1.43. The van der Waals surface area contributed by atoms with Crippen molar-refractivity contribution < 1.29 is 28.6 Å². The van der Waals surface area contributed by atoms with Crippen LogP contribution in [0.3, 0.4) is 0 Å². The highest BCUT2D eigenvalue weighted by molar-refractivity contribution is 7.20. The second-order valence-corrected chi connectivity index (χ2v) is 9.73. The summed E-state index contributed by atoms with van der Waals surface area (Å²) in [6, 6.07) is 11.6. The summed E-state index contributed by atoms with van der Waals surface area (Å²) in [4.78, 5) is 33.1. The van der Waals surface area contributed by atoms with E-state index in [1.54, 1.807) is 25.1 Å². The van der Waals surface area contributed by atoms with Crippen LogP contribution in [0.25, 0.3) is 10.4 Å². The highest BCUT2D eigenvalue weighted by atomic mass is 32.1. The number of aliphatic hydroxyl groups is 2. The van der Waals surface area contributed by atoms with Crippen LogP contribution in [0.4, 0.5) is 19.6 Å². The lowest BCUT2D eigenvalue weighted by atomic mass is 9.99. The molecule has 3 heterocycles. The number of hydrogen-bond acceptors (Lipinski definition) is 8. The molecule has 1 unspecified atom stereocenters. The van der Waals surface area contributed by atoms with E-state index in [0.29, 0.717) is 28.3 Å². The number of anilines is 2. The van der Waals surface area contributed by atoms with Gasteiger partial charge in [0.05, 0.1) is 35.7 Å². The Hall–Kier alpha value is -4.26. The fraction of sp³-hybridized carbons (Fsp3) is 0.185. The first-order valence-electron chi connectivity index (χ1n) is 11.8. The lowest BCUT2D eigenvalue weighted by Gasteiger charge is -2.11. The van der Waals surface area contributed by atoms with E-state index in [0.717, 1.165) is 23.5 Å². The summed E-state index contributed by atoms with van der Waals surface area (Å²) in [6.45, 7) is 1.17. The van der Waals surface area contributed by atoms with Gasteiger partial charge in [-0.3, -0.25) is 14.6 Å². The van der Waals surface area contributed by atoms with Gasteiger partial charge in [0.2, 0.25) is 0 Å². The lowest BCUT2D eigenvalue weighted by Crippen LogP contribution is -2.23. The van der Waals surface area contributed by atoms with Gasteiger partial charge in [0.1, 0.15) is 22.5 Å². The van der Waals surface area contributed by atoms with Gasteiger partial charge in [-0.15, -0.1) is 11.3 Å². The Labute approximate surface area is 226 Å². The largest absolute Gasteiger partial charge is 0.396 e. The molecule has 2 amide bonds. The Morgan fingerprint density at radius 1 is 1.08 bits per heavy atom. The Kier molecular flexibility index (Phi) is 8.59. The number of nitrogens with one attached hydrogen (secondary N) is 2. The fourth-order valence-electron chi connectivity index (χ4n) is 3.75. The molecule has 0 spiro atoms. The van der Waals surface area contributed by atoms with Gasteiger partial charge in [-0.1, -0.05) is 13.0 Å². The van der Waals surface area contributed by atoms with E-state index in [1.165, 1.54) is 24.4 Å². The number of pyridine rings is 2. The Balaban J connectivity index is 1.55. The molecule has 1 atom stereocenters. The molecule has 6 N–H and O–H groups in total. The van der Waals surface area contributed by atoms with Gasteiger partial charge in [0.15, 0.2) is 0 Å². The van der Waals surface area contributed by atoms with Crippen LogP contribution < -0.4 is 16.4 Å². The topological polar surface area (TPSA) is 150 Å². The summed E-state index contributed by atoms with van der Waals surface area (Å²) in [7, 11) is 0. The van der Waals surface area contributed by atoms with E-state index in [4.69, 9.17) is 5.73 Å². The van der Waals surface area contributed by atoms with E-state index in [2.05, 4.69) is 20.6 Å². The second-order valence-electron chi connectivity index (χ2n) is 8.68. The number of amides is 2. The van der Waals surface area contributed by atoms with Crippen molar-refractivity contribution >= 4 is 34.0 Å². The highest BCUT2D eigenvalue weighted by Crippen LogP contribution is 2.39. The van der Waals surface area contributed by atoms with Gasteiger partial charge in [-0.2, -0.15) is 0 Å². The van der Waals surface area contributed by atoms with Crippen molar-refractivity contribution in [2.45, 2.75) is 26.0 Å². The van der Waals surface area contributed by atoms with Crippen LogP contribution in [-0.4, -0.2) is 38.6 Å². The Morgan fingerprint density at radius 3 is 2.49 bits per heavy atom. The standard InChI is InChI=1S/C27H25F2N5O4S/c1-14(12-35)16-8-20(28)24(21(29)9-16)22-10-19(25(30)37)27(39-22)34-23-4-2-3-17(33-23)11-32-26(38)15-5-6-31-18(7-15)13-36/h2-10,14,35-36H,11-13H2,1H3,(H2,30,37)(H,32,38)(H,33,34). The fourth-order valence-corrected chi connectivity index (χ4v) is 4.87. The SMILES string of the molecule is CC(CO)c1cc(F)c(-c2cc(C(N)=O)c(Nc3cccc(CNC(=O)c4ccnc(CO)c4)n3)s2)c(F)c1. The molecule has 4 aromatic rings. The maximum Gasteiger partial charge on any atom is 0.251 e. The summed E-state index contributed by atoms with van der Waals surface area (Å²) in [5, 5.41) is 24.5. The maximum atomic E-state index is 14.9. The van der Waals surface area contributed by atoms with E-state index in [9.17, 15) is 28.6 Å². The number of benzene rings is 1. The Morgan fingerprint density at radius 2 is 1.82 bits per heavy atom. The first kappa shape index (κ1) is 27.8. The molecule has 39 heavy (non-hydrogen) atoms. The zero-order valence-electron chi connectivity index (χ0n) is 20.7. The minimum atomic E-state index is -0.828. The number of carbonyl (C=O) groups excluding carboxylic acids is 2. The van der Waals surface area contributed by atoms with Crippen molar-refractivity contribution in [3.05, 3.63) is 94.4 Å². The van der Waals surface area contributed by atoms with Crippen molar-refractivity contribution in [3.8, 4) is 10.4 Å². The molecule has 0 saturated heterocycles. The summed E-state index contributed by atoms with van der Waals surface area (Å²) >= 11 is 0.932. The first-order chi connectivity index (χ1) is 18.7. The van der Waals surface area contributed by atoms with Gasteiger partial charge in [0.25, 0.3) is 11.8 Å². The average Bonchev–Trinajstić information content (AvgIpc) is 3.34. The van der Waals surface area contributed by atoms with Crippen LogP contribution in [-0.2, 0) is 13.2 Å². The van der Waals surface area contributed by atoms with Gasteiger partial charge in [-0.25, -0.2) is 13.8 Å². The van der Waals surface area contributed by atoms with E-state index in [1.807, 2.05) is 0 Å². The van der Waals surface area contributed by atoms with Crippen LogP contribution in [0.2, 0.25) is 0 Å². The first-order valence-corrected chi connectivity index (χ1v) is 12.6. The summed E-state index contributed by atoms with van der Waals surface area (Å²) < 4.78 is 29.8. The van der Waals surface area contributed by atoms with E-state index >= 15 is 0 Å². The maximum absolute atomic E-state index is 14.9. The molecule has 202 valence electrons. The number of aliphatic hydroxyl groups excluding tert-OH is 2. The third-order valence-electron chi connectivity index (χ3n) is 5.87. The normalized spacial score (nSPS) is 11.7. The zero-order chi connectivity index (χ0) is 28.1. The molecule has 4 rings (SSSR count). The monoisotopic (exact) mass is 553 g/mol. The molecule has 3 aromatic heterocycles. The highest BCUT2D eigenvalue weighted by Gasteiger charge is 2.22. The van der Waals surface area contributed by atoms with Crippen molar-refractivity contribution in [1.82, 2.24) is 15.3 Å². The number of nitrogens with zero attached hydrogens (tertiary/aromatic N) is 2. The molecule has 0 aliphatic carbocycles. The molecular weight excluding hydrogens is 528 g/mol. The Bertz CT molecular complexity index is 1500. The molecule has 1 aromatic carbocycles. The van der Waals surface area contributed by atoms with Gasteiger partial charge >= 0.3 is 0 Å². The number of carbonyl (C=O) groups is 2. The molecule has 0 fully saturated rings. The minimum absolute atomic E-state index is 0.0273. The average molecular weight is 554 g/mol. The van der Waals surface area contributed by atoms with Crippen molar-refractivity contribution in [2.75, 3.05) is 11.9 Å². The minimum Gasteiger partial charge on any atom is -0.396 e. The molecule has 9 nitrogen and oxygen atoms in total. The van der Waals surface area contributed by atoms with Crippen molar-refractivity contribution in [2.24, 2.45) is 5.73 Å². The smallest absolute Gasteiger partial charge is 0.251 e. The second kappa shape index (κ2) is 12.1. The third kappa shape index (κ3) is 6.42. The van der Waals surface area contributed by atoms with Crippen LogP contribution in [0.1, 0.15) is 50.5 Å². The number of rotatable bonds is 10. The van der Waals surface area contributed by atoms with E-state index < -0.39 is 23.5 Å². The lowest BCUT2D eigenvalue weighted by molar-refractivity contribution is 0.0948. The van der Waals surface area contributed by atoms with Crippen molar-refractivity contribution in [1.29, 1.82) is 0 Å². The van der Waals surface area contributed by atoms with Crippen molar-refractivity contribution in [3.63, 3.8) is 0 Å². The van der Waals surface area contributed by atoms with Crippen LogP contribution in [0.15, 0.2) is 54.7 Å². The predicted octanol–water partition coefficient (Wildman–Crippen LogP) is 3.84. The number of primary amides is 1. The predicted molar refractivity (Wildman–Crippen MR) is 143 cm³/mol. The molecule has 0 radical (unpaired) electrons. The van der Waals surface area contributed by atoms with Crippen LogP contribution in [0, 0.1) is 11.6 Å². The molecule has 0 bridgehead atoms. The molecule has 12 heteroatoms. The summed E-state index contributed by atoms with van der Waals surface area (Å²) in [5.74, 6) is -2.97. The third-order valence-corrected chi connectivity index (χ3v) is 6.94. The van der Waals surface area contributed by atoms with Gasteiger partial charge in [0, 0.05) is 29.2 Å². The van der Waals surface area contributed by atoms with Crippen LogP contribution >= 0.6 is 11.3 Å². The number of halogens is 2. The molecule has 0 aliphatic heterocycles. The van der Waals surface area contributed by atoms with Crippen LogP contribution in [0.5, 0.6) is 0 Å².